The summed E-state index contributed by atoms with van der Waals surface area (Å²) < 4.78 is 10.8. The Kier molecular flexibility index (Phi) is 4.07. The number of amides is 1. The van der Waals surface area contributed by atoms with Crippen molar-refractivity contribution in [1.82, 2.24) is 0 Å². The molecule has 0 aromatic heterocycles. The lowest BCUT2D eigenvalue weighted by molar-refractivity contribution is 0.100. The molecular formula is C21H22N2O3. The number of carbonyl (C=O) groups is 1. The molecule has 0 spiro atoms. The highest BCUT2D eigenvalue weighted by atomic mass is 16.5. The summed E-state index contributed by atoms with van der Waals surface area (Å²) in [5.41, 5.74) is 9.22. The molecule has 1 amide bonds. The molecule has 134 valence electrons. The molecule has 5 heteroatoms. The molecule has 3 unspecified atom stereocenters. The van der Waals surface area contributed by atoms with Gasteiger partial charge in [-0.15, -0.1) is 0 Å². The zero-order valence-electron chi connectivity index (χ0n) is 14.9. The zero-order chi connectivity index (χ0) is 18.3. The van der Waals surface area contributed by atoms with Crippen LogP contribution in [0.15, 0.2) is 48.6 Å². The van der Waals surface area contributed by atoms with Gasteiger partial charge in [0, 0.05) is 5.92 Å². The van der Waals surface area contributed by atoms with E-state index in [1.807, 2.05) is 24.3 Å². The summed E-state index contributed by atoms with van der Waals surface area (Å²) in [6.45, 7) is 0. The van der Waals surface area contributed by atoms with Crippen LogP contribution in [0.4, 0.5) is 5.69 Å². The van der Waals surface area contributed by atoms with Crippen molar-refractivity contribution in [2.24, 2.45) is 11.7 Å². The number of anilines is 1. The molecule has 0 saturated carbocycles. The smallest absolute Gasteiger partial charge is 0.250 e. The fourth-order valence-electron chi connectivity index (χ4n) is 4.20. The molecule has 2 aromatic carbocycles. The minimum absolute atomic E-state index is 0.0582. The van der Waals surface area contributed by atoms with Crippen LogP contribution in [0.25, 0.3) is 0 Å². The summed E-state index contributed by atoms with van der Waals surface area (Å²) in [6, 6.07) is 11.8. The van der Waals surface area contributed by atoms with Gasteiger partial charge in [0.2, 0.25) is 0 Å². The van der Waals surface area contributed by atoms with Gasteiger partial charge in [0.15, 0.2) is 11.5 Å². The minimum Gasteiger partial charge on any atom is -0.493 e. The van der Waals surface area contributed by atoms with Crippen LogP contribution >= 0.6 is 0 Å². The third-order valence-corrected chi connectivity index (χ3v) is 5.43. The number of hydrogen-bond acceptors (Lipinski definition) is 4. The van der Waals surface area contributed by atoms with E-state index in [-0.39, 0.29) is 12.0 Å². The molecule has 0 fully saturated rings. The second-order valence-corrected chi connectivity index (χ2v) is 6.72. The molecule has 0 saturated heterocycles. The van der Waals surface area contributed by atoms with E-state index in [9.17, 15) is 4.79 Å². The van der Waals surface area contributed by atoms with E-state index in [0.717, 1.165) is 23.2 Å². The van der Waals surface area contributed by atoms with Gasteiger partial charge in [-0.05, 0) is 41.7 Å². The second kappa shape index (κ2) is 6.41. The Hall–Kier alpha value is -2.95. The van der Waals surface area contributed by atoms with Crippen LogP contribution in [0.5, 0.6) is 11.5 Å². The monoisotopic (exact) mass is 350 g/mol. The number of allylic oxidation sites excluding steroid dienone is 2. The molecule has 0 bridgehead atoms. The van der Waals surface area contributed by atoms with E-state index in [4.69, 9.17) is 15.2 Å². The number of nitrogens with one attached hydrogen (secondary N) is 1. The molecule has 1 heterocycles. The number of para-hydroxylation sites is 1. The van der Waals surface area contributed by atoms with Crippen LogP contribution in [0.1, 0.15) is 39.9 Å². The predicted molar refractivity (Wildman–Crippen MR) is 101 cm³/mol. The summed E-state index contributed by atoms with van der Waals surface area (Å²) in [7, 11) is 3.26. The van der Waals surface area contributed by atoms with Crippen molar-refractivity contribution in [3.05, 3.63) is 65.2 Å². The molecule has 3 N–H and O–H groups in total. The van der Waals surface area contributed by atoms with Crippen molar-refractivity contribution in [2.45, 2.75) is 18.4 Å². The van der Waals surface area contributed by atoms with Gasteiger partial charge in [0.05, 0.1) is 31.5 Å². The molecule has 1 aliphatic carbocycles. The Morgan fingerprint density at radius 3 is 2.69 bits per heavy atom. The van der Waals surface area contributed by atoms with Crippen molar-refractivity contribution < 1.29 is 14.3 Å². The van der Waals surface area contributed by atoms with Gasteiger partial charge >= 0.3 is 0 Å². The number of hydrogen-bond donors (Lipinski definition) is 2. The molecular weight excluding hydrogens is 328 g/mol. The van der Waals surface area contributed by atoms with Crippen LogP contribution in [0.3, 0.4) is 0 Å². The van der Waals surface area contributed by atoms with Gasteiger partial charge < -0.3 is 20.5 Å². The number of fused-ring (bicyclic) bond motifs is 3. The number of benzene rings is 2. The van der Waals surface area contributed by atoms with Crippen LogP contribution < -0.4 is 20.5 Å². The van der Waals surface area contributed by atoms with E-state index < -0.39 is 5.91 Å². The van der Waals surface area contributed by atoms with Crippen molar-refractivity contribution in [3.8, 4) is 11.5 Å². The molecule has 0 radical (unpaired) electrons. The summed E-state index contributed by atoms with van der Waals surface area (Å²) >= 11 is 0. The number of primary amides is 1. The minimum atomic E-state index is -0.416. The first-order valence-electron chi connectivity index (χ1n) is 8.72. The standard InChI is InChI=1S/C21H22N2O3/c1-25-17-10-9-12(11-18(17)26-2)19-14-6-3-5-13(14)15-7-4-8-16(21(22)24)20(15)23-19/h3-5,7-11,13-14,19,23H,6H2,1-2H3,(H2,22,24). The molecule has 2 aliphatic rings. The first kappa shape index (κ1) is 16.5. The van der Waals surface area contributed by atoms with E-state index in [1.54, 1.807) is 20.3 Å². The van der Waals surface area contributed by atoms with Crippen molar-refractivity contribution in [3.63, 3.8) is 0 Å². The highest BCUT2D eigenvalue weighted by molar-refractivity contribution is 5.99. The second-order valence-electron chi connectivity index (χ2n) is 6.72. The third kappa shape index (κ3) is 2.51. The quantitative estimate of drug-likeness (QED) is 0.826. The average Bonchev–Trinajstić information content (AvgIpc) is 3.16. The Balaban J connectivity index is 1.81. The van der Waals surface area contributed by atoms with Gasteiger partial charge in [-0.1, -0.05) is 30.4 Å². The number of rotatable bonds is 4. The van der Waals surface area contributed by atoms with Crippen molar-refractivity contribution in [2.75, 3.05) is 19.5 Å². The fraction of sp³-hybridized carbons (Fsp3) is 0.286. The molecule has 2 aromatic rings. The highest BCUT2D eigenvalue weighted by Crippen LogP contribution is 2.51. The van der Waals surface area contributed by atoms with E-state index in [2.05, 4.69) is 23.5 Å². The Labute approximate surface area is 152 Å². The first-order chi connectivity index (χ1) is 12.6. The molecule has 3 atom stereocenters. The fourth-order valence-corrected chi connectivity index (χ4v) is 4.20. The molecule has 5 nitrogen and oxygen atoms in total. The largest absolute Gasteiger partial charge is 0.493 e. The topological polar surface area (TPSA) is 73.6 Å². The third-order valence-electron chi connectivity index (χ3n) is 5.43. The van der Waals surface area contributed by atoms with Crippen LogP contribution in [0.2, 0.25) is 0 Å². The first-order valence-corrected chi connectivity index (χ1v) is 8.72. The Morgan fingerprint density at radius 2 is 1.96 bits per heavy atom. The number of ether oxygens (including phenoxy) is 2. The van der Waals surface area contributed by atoms with Gasteiger partial charge in [0.1, 0.15) is 0 Å². The van der Waals surface area contributed by atoms with Gasteiger partial charge in [-0.2, -0.15) is 0 Å². The van der Waals surface area contributed by atoms with Crippen molar-refractivity contribution >= 4 is 11.6 Å². The van der Waals surface area contributed by atoms with Gasteiger partial charge in [-0.3, -0.25) is 4.79 Å². The summed E-state index contributed by atoms with van der Waals surface area (Å²) in [5, 5.41) is 3.59. The van der Waals surface area contributed by atoms with Crippen LogP contribution in [-0.2, 0) is 0 Å². The number of nitrogens with two attached hydrogens (primary N) is 1. The lowest BCUT2D eigenvalue weighted by atomic mass is 9.76. The maximum Gasteiger partial charge on any atom is 0.250 e. The Morgan fingerprint density at radius 1 is 1.15 bits per heavy atom. The average molecular weight is 350 g/mol. The number of methoxy groups -OCH3 is 2. The van der Waals surface area contributed by atoms with E-state index in [0.29, 0.717) is 23.0 Å². The van der Waals surface area contributed by atoms with Crippen LogP contribution in [0, 0.1) is 5.92 Å². The molecule has 1 aliphatic heterocycles. The summed E-state index contributed by atoms with van der Waals surface area (Å²) in [6.07, 6.45) is 5.44. The van der Waals surface area contributed by atoms with E-state index in [1.165, 1.54) is 0 Å². The molecule has 4 rings (SSSR count). The van der Waals surface area contributed by atoms with Gasteiger partial charge in [0.25, 0.3) is 5.91 Å². The lowest BCUT2D eigenvalue weighted by Gasteiger charge is -2.38. The normalized spacial score (nSPS) is 22.9. The SMILES string of the molecule is COc1ccc(C2Nc3c(C(N)=O)cccc3C3C=CCC32)cc1OC. The van der Waals surface area contributed by atoms with E-state index >= 15 is 0 Å². The summed E-state index contributed by atoms with van der Waals surface area (Å²) in [4.78, 5) is 11.9. The highest BCUT2D eigenvalue weighted by Gasteiger charge is 2.39. The zero-order valence-corrected chi connectivity index (χ0v) is 14.9. The molecule has 26 heavy (non-hydrogen) atoms. The lowest BCUT2D eigenvalue weighted by Crippen LogP contribution is -2.31. The Bertz CT molecular complexity index is 891. The maximum absolute atomic E-state index is 11.9. The predicted octanol–water partition coefficient (Wildman–Crippen LogP) is 3.63. The summed E-state index contributed by atoms with van der Waals surface area (Å²) in [5.74, 6) is 1.63. The van der Waals surface area contributed by atoms with Crippen LogP contribution in [-0.4, -0.2) is 20.1 Å². The maximum atomic E-state index is 11.9. The van der Waals surface area contributed by atoms with Gasteiger partial charge in [-0.25, -0.2) is 0 Å². The van der Waals surface area contributed by atoms with Crippen molar-refractivity contribution in [1.29, 1.82) is 0 Å². The number of carbonyl (C=O) groups excluding carboxylic acids is 1.